The molecule has 142 valence electrons. The summed E-state index contributed by atoms with van der Waals surface area (Å²) < 4.78 is 21.3. The average Bonchev–Trinajstić information content (AvgIpc) is 3.28. The van der Waals surface area contributed by atoms with E-state index in [2.05, 4.69) is 15.4 Å². The Bertz CT molecular complexity index is 939. The van der Waals surface area contributed by atoms with E-state index in [0.29, 0.717) is 34.1 Å². The lowest BCUT2D eigenvalue weighted by molar-refractivity contribution is 0.0761. The van der Waals surface area contributed by atoms with E-state index in [1.54, 1.807) is 32.2 Å². The zero-order chi connectivity index (χ0) is 19.4. The number of hydrogen-bond acceptors (Lipinski definition) is 8. The summed E-state index contributed by atoms with van der Waals surface area (Å²) in [5, 5.41) is 11.9. The van der Waals surface area contributed by atoms with Gasteiger partial charge in [0.05, 0.1) is 13.7 Å². The first-order valence-corrected chi connectivity index (χ1v) is 8.30. The van der Waals surface area contributed by atoms with Gasteiger partial charge in [-0.3, -0.25) is 4.79 Å². The molecule has 0 radical (unpaired) electrons. The minimum atomic E-state index is -0.343. The molecule has 0 N–H and O–H groups in total. The van der Waals surface area contributed by atoms with Gasteiger partial charge < -0.3 is 23.3 Å². The van der Waals surface area contributed by atoms with Crippen LogP contribution in [0.4, 0.5) is 0 Å². The largest absolute Gasteiger partial charge is 0.493 e. The molecule has 0 aliphatic rings. The molecular weight excluding hydrogens is 376 g/mol. The monoisotopic (exact) mass is 392 g/mol. The van der Waals surface area contributed by atoms with Crippen LogP contribution in [-0.2, 0) is 13.2 Å². The van der Waals surface area contributed by atoms with Crippen LogP contribution in [0.15, 0.2) is 33.2 Å². The second-order valence-corrected chi connectivity index (χ2v) is 6.07. The first-order valence-electron chi connectivity index (χ1n) is 7.92. The van der Waals surface area contributed by atoms with Crippen LogP contribution in [0.2, 0.25) is 5.02 Å². The normalized spacial score (nSPS) is 10.7. The summed E-state index contributed by atoms with van der Waals surface area (Å²) in [7, 11) is 3.12. The summed E-state index contributed by atoms with van der Waals surface area (Å²) in [6.07, 6.45) is 0. The maximum absolute atomic E-state index is 12.4. The second kappa shape index (κ2) is 8.09. The van der Waals surface area contributed by atoms with E-state index in [-0.39, 0.29) is 24.8 Å². The number of rotatable bonds is 7. The lowest BCUT2D eigenvalue weighted by Crippen LogP contribution is -2.26. The van der Waals surface area contributed by atoms with Crippen molar-refractivity contribution in [2.75, 3.05) is 14.2 Å². The van der Waals surface area contributed by atoms with Crippen molar-refractivity contribution < 1.29 is 23.2 Å². The molecule has 10 heteroatoms. The van der Waals surface area contributed by atoms with Crippen molar-refractivity contribution in [1.82, 2.24) is 20.3 Å². The first kappa shape index (κ1) is 18.7. The number of halogens is 1. The van der Waals surface area contributed by atoms with Gasteiger partial charge in [-0.2, -0.15) is 0 Å². The van der Waals surface area contributed by atoms with Gasteiger partial charge >= 0.3 is 0 Å². The van der Waals surface area contributed by atoms with E-state index in [1.165, 1.54) is 18.1 Å². The van der Waals surface area contributed by atoms with E-state index in [1.807, 2.05) is 0 Å². The summed E-state index contributed by atoms with van der Waals surface area (Å²) in [5.74, 6) is 1.81. The number of amides is 1. The third-order valence-electron chi connectivity index (χ3n) is 3.56. The Morgan fingerprint density at radius 2 is 2.07 bits per heavy atom. The predicted octanol–water partition coefficient (Wildman–Crippen LogP) is 2.88. The smallest absolute Gasteiger partial charge is 0.276 e. The first-order chi connectivity index (χ1) is 13.0. The number of aryl methyl sites for hydroxylation is 1. The maximum Gasteiger partial charge on any atom is 0.276 e. The van der Waals surface area contributed by atoms with Gasteiger partial charge in [-0.15, -0.1) is 10.2 Å². The van der Waals surface area contributed by atoms with Crippen molar-refractivity contribution in [2.45, 2.75) is 20.1 Å². The SMILES string of the molecule is COc1cc(Cl)ccc1OCc1cc(C(=O)N(C)Cc2nnc(C)o2)no1. The van der Waals surface area contributed by atoms with Crippen LogP contribution in [-0.4, -0.2) is 40.3 Å². The molecule has 0 saturated heterocycles. The third kappa shape index (κ3) is 4.56. The Morgan fingerprint density at radius 1 is 1.26 bits per heavy atom. The molecule has 27 heavy (non-hydrogen) atoms. The summed E-state index contributed by atoms with van der Waals surface area (Å²) >= 11 is 5.92. The number of ether oxygens (including phenoxy) is 2. The fraction of sp³-hybridized carbons (Fsp3) is 0.294. The van der Waals surface area contributed by atoms with Crippen LogP contribution < -0.4 is 9.47 Å². The minimum absolute atomic E-state index is 0.0742. The van der Waals surface area contributed by atoms with Gasteiger partial charge in [0.25, 0.3) is 5.91 Å². The maximum atomic E-state index is 12.4. The lowest BCUT2D eigenvalue weighted by atomic mass is 10.3. The van der Waals surface area contributed by atoms with Crippen LogP contribution in [0.1, 0.15) is 28.0 Å². The average molecular weight is 393 g/mol. The van der Waals surface area contributed by atoms with E-state index in [9.17, 15) is 4.79 Å². The molecule has 0 unspecified atom stereocenters. The highest BCUT2D eigenvalue weighted by atomic mass is 35.5. The van der Waals surface area contributed by atoms with Crippen LogP contribution >= 0.6 is 11.6 Å². The van der Waals surface area contributed by atoms with Crippen molar-refractivity contribution in [2.24, 2.45) is 0 Å². The number of methoxy groups -OCH3 is 1. The molecular formula is C17H17ClN4O5. The molecule has 1 aromatic carbocycles. The van der Waals surface area contributed by atoms with Gasteiger partial charge in [-0.25, -0.2) is 0 Å². The van der Waals surface area contributed by atoms with Gasteiger partial charge in [-0.05, 0) is 12.1 Å². The van der Waals surface area contributed by atoms with E-state index in [0.717, 1.165) is 0 Å². The molecule has 0 aliphatic carbocycles. The van der Waals surface area contributed by atoms with Crippen molar-refractivity contribution in [3.63, 3.8) is 0 Å². The summed E-state index contributed by atoms with van der Waals surface area (Å²) in [6, 6.07) is 6.52. The van der Waals surface area contributed by atoms with Gasteiger partial charge in [0.2, 0.25) is 11.8 Å². The van der Waals surface area contributed by atoms with Crippen LogP contribution in [0, 0.1) is 6.92 Å². The number of hydrogen-bond donors (Lipinski definition) is 0. The summed E-state index contributed by atoms with van der Waals surface area (Å²) in [6.45, 7) is 1.92. The number of benzene rings is 1. The highest BCUT2D eigenvalue weighted by Crippen LogP contribution is 2.30. The van der Waals surface area contributed by atoms with Gasteiger partial charge in [0.1, 0.15) is 6.61 Å². The lowest BCUT2D eigenvalue weighted by Gasteiger charge is -2.12. The number of nitrogens with zero attached hydrogens (tertiary/aromatic N) is 4. The van der Waals surface area contributed by atoms with Gasteiger partial charge in [-0.1, -0.05) is 16.8 Å². The summed E-state index contributed by atoms with van der Waals surface area (Å²) in [5.41, 5.74) is 0.149. The quantitative estimate of drug-likeness (QED) is 0.604. The fourth-order valence-electron chi connectivity index (χ4n) is 2.26. The Labute approximate surface area is 159 Å². The molecule has 9 nitrogen and oxygen atoms in total. The van der Waals surface area contributed by atoms with Crippen LogP contribution in [0.3, 0.4) is 0 Å². The van der Waals surface area contributed by atoms with Crippen molar-refractivity contribution in [3.05, 3.63) is 52.5 Å². The molecule has 0 fully saturated rings. The number of carbonyl (C=O) groups is 1. The van der Waals surface area contributed by atoms with E-state index in [4.69, 9.17) is 30.0 Å². The zero-order valence-electron chi connectivity index (χ0n) is 14.9. The van der Waals surface area contributed by atoms with Crippen LogP contribution in [0.25, 0.3) is 0 Å². The molecule has 0 atom stereocenters. The molecule has 0 aliphatic heterocycles. The predicted molar refractivity (Wildman–Crippen MR) is 93.7 cm³/mol. The molecule has 0 saturated carbocycles. The molecule has 2 heterocycles. The topological polar surface area (TPSA) is 104 Å². The molecule has 3 rings (SSSR count). The van der Waals surface area contributed by atoms with E-state index >= 15 is 0 Å². The molecule has 0 bridgehead atoms. The molecule has 2 aromatic heterocycles. The minimum Gasteiger partial charge on any atom is -0.493 e. The Balaban J connectivity index is 1.61. The molecule has 1 amide bonds. The Morgan fingerprint density at radius 3 is 2.78 bits per heavy atom. The fourth-order valence-corrected chi connectivity index (χ4v) is 2.43. The number of aromatic nitrogens is 3. The van der Waals surface area contributed by atoms with Gasteiger partial charge in [0, 0.05) is 31.1 Å². The van der Waals surface area contributed by atoms with Crippen molar-refractivity contribution in [3.8, 4) is 11.5 Å². The highest BCUT2D eigenvalue weighted by Gasteiger charge is 2.19. The van der Waals surface area contributed by atoms with Crippen molar-refractivity contribution in [1.29, 1.82) is 0 Å². The zero-order valence-corrected chi connectivity index (χ0v) is 15.7. The van der Waals surface area contributed by atoms with Gasteiger partial charge in [0.15, 0.2) is 23.0 Å². The third-order valence-corrected chi connectivity index (χ3v) is 3.80. The standard InChI is InChI=1S/C17H17ClN4O5/c1-10-19-20-16(26-10)8-22(2)17(23)13-7-12(27-21-13)9-25-14-5-4-11(18)6-15(14)24-3/h4-7H,8-9H2,1-3H3. The van der Waals surface area contributed by atoms with E-state index < -0.39 is 0 Å². The van der Waals surface area contributed by atoms with Crippen molar-refractivity contribution >= 4 is 17.5 Å². The molecule has 0 spiro atoms. The molecule has 3 aromatic rings. The number of carbonyl (C=O) groups excluding carboxylic acids is 1. The summed E-state index contributed by atoms with van der Waals surface area (Å²) in [4.78, 5) is 13.8. The Kier molecular flexibility index (Phi) is 5.60. The highest BCUT2D eigenvalue weighted by molar-refractivity contribution is 6.30. The van der Waals surface area contributed by atoms with Crippen LogP contribution in [0.5, 0.6) is 11.5 Å². The Hall–Kier alpha value is -3.07. The second-order valence-electron chi connectivity index (χ2n) is 5.64.